The van der Waals surface area contributed by atoms with Crippen LogP contribution in [0.4, 0.5) is 21.9 Å². The molecular formula is C22H27ClN4O5S. The first-order valence-electron chi connectivity index (χ1n) is 10.8. The lowest BCUT2D eigenvalue weighted by Gasteiger charge is -2.26. The third-order valence-electron chi connectivity index (χ3n) is 5.47. The summed E-state index contributed by atoms with van der Waals surface area (Å²) in [6.07, 6.45) is 2.04. The molecule has 11 heteroatoms. The third-order valence-corrected chi connectivity index (χ3v) is 7.60. The van der Waals surface area contributed by atoms with Gasteiger partial charge in [0.05, 0.1) is 35.6 Å². The normalized spacial score (nSPS) is 19.2. The number of rotatable bonds is 7. The average Bonchev–Trinajstić information content (AvgIpc) is 3.32. The quantitative estimate of drug-likeness (QED) is 0.542. The Morgan fingerprint density at radius 3 is 2.61 bits per heavy atom. The first kappa shape index (κ1) is 23.8. The average molecular weight is 495 g/mol. The summed E-state index contributed by atoms with van der Waals surface area (Å²) in [5.74, 6) is 0. The maximum Gasteiger partial charge on any atom is 0.323 e. The number of ether oxygens (including phenoxy) is 2. The van der Waals surface area contributed by atoms with Crippen LogP contribution < -0.4 is 16.0 Å². The number of carbonyl (C=O) groups excluding carboxylic acids is 1. The highest BCUT2D eigenvalue weighted by Crippen LogP contribution is 2.29. The molecule has 2 saturated heterocycles. The number of amides is 2. The van der Waals surface area contributed by atoms with Gasteiger partial charge in [0.2, 0.25) is 10.0 Å². The van der Waals surface area contributed by atoms with Crippen molar-refractivity contribution >= 4 is 44.7 Å². The van der Waals surface area contributed by atoms with E-state index in [0.717, 1.165) is 19.4 Å². The van der Waals surface area contributed by atoms with Crippen LogP contribution in [0.2, 0.25) is 5.02 Å². The van der Waals surface area contributed by atoms with Crippen LogP contribution in [0.5, 0.6) is 0 Å². The second-order valence-corrected chi connectivity index (χ2v) is 10.2. The van der Waals surface area contributed by atoms with Crippen molar-refractivity contribution in [3.05, 3.63) is 47.5 Å². The van der Waals surface area contributed by atoms with Gasteiger partial charge < -0.3 is 25.4 Å². The minimum Gasteiger partial charge on any atom is -0.381 e. The summed E-state index contributed by atoms with van der Waals surface area (Å²) in [5, 5.41) is 9.24. The molecule has 2 aliphatic rings. The number of halogens is 1. The molecule has 0 aliphatic carbocycles. The van der Waals surface area contributed by atoms with E-state index in [-0.39, 0.29) is 11.0 Å². The van der Waals surface area contributed by atoms with Gasteiger partial charge in [0, 0.05) is 37.0 Å². The fourth-order valence-corrected chi connectivity index (χ4v) is 5.38. The summed E-state index contributed by atoms with van der Waals surface area (Å²) < 4.78 is 38.6. The van der Waals surface area contributed by atoms with Gasteiger partial charge in [-0.15, -0.1) is 0 Å². The molecule has 3 N–H and O–H groups in total. The summed E-state index contributed by atoms with van der Waals surface area (Å²) in [6.45, 7) is 2.58. The zero-order chi connectivity index (χ0) is 23.3. The Labute approximate surface area is 198 Å². The maximum absolute atomic E-state index is 13.1. The standard InChI is InChI=1S/C22H27ClN4O5S/c23-16-3-1-4-17(13-16)25-22(28)26-21-14-19(33(29,30)27-8-11-31-12-9-27)6-7-20(21)24-15-18-5-2-10-32-18/h1,3-4,6-7,13-14,18,24H,2,5,8-12,15H2,(H2,25,26,28)/t18-/m1/s1. The number of hydrogen-bond donors (Lipinski definition) is 3. The highest BCUT2D eigenvalue weighted by molar-refractivity contribution is 7.89. The number of benzene rings is 2. The van der Waals surface area contributed by atoms with E-state index in [1.807, 2.05) is 0 Å². The van der Waals surface area contributed by atoms with Crippen LogP contribution in [0.3, 0.4) is 0 Å². The van der Waals surface area contributed by atoms with Crippen molar-refractivity contribution < 1.29 is 22.7 Å². The number of nitrogens with zero attached hydrogens (tertiary/aromatic N) is 1. The first-order chi connectivity index (χ1) is 15.9. The summed E-state index contributed by atoms with van der Waals surface area (Å²) in [4.78, 5) is 12.8. The maximum atomic E-state index is 13.1. The van der Waals surface area contributed by atoms with Gasteiger partial charge >= 0.3 is 6.03 Å². The van der Waals surface area contributed by atoms with Crippen molar-refractivity contribution in [1.29, 1.82) is 0 Å². The molecule has 0 saturated carbocycles. The van der Waals surface area contributed by atoms with Gasteiger partial charge in [-0.1, -0.05) is 17.7 Å². The molecule has 2 amide bonds. The van der Waals surface area contributed by atoms with Gasteiger partial charge in [0.1, 0.15) is 0 Å². The lowest BCUT2D eigenvalue weighted by Crippen LogP contribution is -2.40. The van der Waals surface area contributed by atoms with Crippen molar-refractivity contribution in [3.8, 4) is 0 Å². The third kappa shape index (κ3) is 6.15. The fraction of sp³-hybridized carbons (Fsp3) is 0.409. The Kier molecular flexibility index (Phi) is 7.71. The number of carbonyl (C=O) groups is 1. The lowest BCUT2D eigenvalue weighted by molar-refractivity contribution is 0.0730. The molecule has 0 spiro atoms. The minimum atomic E-state index is -3.72. The minimum absolute atomic E-state index is 0.0786. The molecule has 9 nitrogen and oxygen atoms in total. The number of sulfonamides is 1. The molecule has 0 radical (unpaired) electrons. The Hall–Kier alpha value is -2.37. The number of anilines is 3. The molecule has 0 bridgehead atoms. The van der Waals surface area contributed by atoms with Gasteiger partial charge in [-0.05, 0) is 49.2 Å². The molecule has 2 fully saturated rings. The van der Waals surface area contributed by atoms with E-state index >= 15 is 0 Å². The molecule has 2 aliphatic heterocycles. The monoisotopic (exact) mass is 494 g/mol. The largest absolute Gasteiger partial charge is 0.381 e. The number of morpholine rings is 1. The van der Waals surface area contributed by atoms with E-state index in [4.69, 9.17) is 21.1 Å². The van der Waals surface area contributed by atoms with Crippen LogP contribution in [0, 0.1) is 0 Å². The van der Waals surface area contributed by atoms with E-state index in [9.17, 15) is 13.2 Å². The Morgan fingerprint density at radius 1 is 1.06 bits per heavy atom. The van der Waals surface area contributed by atoms with Crippen LogP contribution >= 0.6 is 11.6 Å². The summed E-state index contributed by atoms with van der Waals surface area (Å²) in [5.41, 5.74) is 1.47. The molecule has 2 aromatic carbocycles. The molecular weight excluding hydrogens is 468 g/mol. The smallest absolute Gasteiger partial charge is 0.323 e. The second-order valence-electron chi connectivity index (χ2n) is 7.83. The number of urea groups is 1. The molecule has 2 heterocycles. The van der Waals surface area contributed by atoms with E-state index < -0.39 is 16.1 Å². The van der Waals surface area contributed by atoms with E-state index in [2.05, 4.69) is 16.0 Å². The van der Waals surface area contributed by atoms with Gasteiger partial charge in [-0.3, -0.25) is 0 Å². The van der Waals surface area contributed by atoms with Gasteiger partial charge in [-0.25, -0.2) is 13.2 Å². The zero-order valence-corrected chi connectivity index (χ0v) is 19.6. The van der Waals surface area contributed by atoms with Crippen LogP contribution in [-0.4, -0.2) is 64.3 Å². The van der Waals surface area contributed by atoms with Gasteiger partial charge in [0.15, 0.2) is 0 Å². The van der Waals surface area contributed by atoms with E-state index in [1.54, 1.807) is 36.4 Å². The van der Waals surface area contributed by atoms with E-state index in [0.29, 0.717) is 54.9 Å². The SMILES string of the molecule is O=C(Nc1cccc(Cl)c1)Nc1cc(S(=O)(=O)N2CCOCC2)ccc1NC[C@H]1CCCO1. The van der Waals surface area contributed by atoms with Crippen molar-refractivity contribution in [1.82, 2.24) is 4.31 Å². The van der Waals surface area contributed by atoms with Crippen molar-refractivity contribution in [2.45, 2.75) is 23.8 Å². The number of hydrogen-bond acceptors (Lipinski definition) is 6. The summed E-state index contributed by atoms with van der Waals surface area (Å²) in [7, 11) is -3.72. The molecule has 4 rings (SSSR count). The molecule has 0 aromatic heterocycles. The Morgan fingerprint density at radius 2 is 1.88 bits per heavy atom. The Balaban J connectivity index is 1.55. The molecule has 178 valence electrons. The van der Waals surface area contributed by atoms with E-state index in [1.165, 1.54) is 10.4 Å². The highest BCUT2D eigenvalue weighted by Gasteiger charge is 2.27. The van der Waals surface area contributed by atoms with Crippen LogP contribution in [0.1, 0.15) is 12.8 Å². The lowest BCUT2D eigenvalue weighted by atomic mass is 10.2. The van der Waals surface area contributed by atoms with Crippen molar-refractivity contribution in [2.75, 3.05) is 55.4 Å². The fourth-order valence-electron chi connectivity index (χ4n) is 3.76. The van der Waals surface area contributed by atoms with Crippen molar-refractivity contribution in [3.63, 3.8) is 0 Å². The summed E-state index contributed by atoms with van der Waals surface area (Å²) >= 11 is 5.99. The topological polar surface area (TPSA) is 109 Å². The molecule has 0 unspecified atom stereocenters. The van der Waals surface area contributed by atoms with Gasteiger partial charge in [0.25, 0.3) is 0 Å². The molecule has 1 atom stereocenters. The predicted octanol–water partition coefficient (Wildman–Crippen LogP) is 3.60. The number of nitrogens with one attached hydrogen (secondary N) is 3. The van der Waals surface area contributed by atoms with Gasteiger partial charge in [-0.2, -0.15) is 4.31 Å². The van der Waals surface area contributed by atoms with Crippen LogP contribution in [-0.2, 0) is 19.5 Å². The molecule has 2 aromatic rings. The zero-order valence-electron chi connectivity index (χ0n) is 18.1. The van der Waals surface area contributed by atoms with Crippen molar-refractivity contribution in [2.24, 2.45) is 0 Å². The first-order valence-corrected chi connectivity index (χ1v) is 12.6. The van der Waals surface area contributed by atoms with Crippen LogP contribution in [0.15, 0.2) is 47.4 Å². The second kappa shape index (κ2) is 10.7. The van der Waals surface area contributed by atoms with Crippen LogP contribution in [0.25, 0.3) is 0 Å². The Bertz CT molecular complexity index is 1090. The predicted molar refractivity (Wildman–Crippen MR) is 128 cm³/mol. The highest BCUT2D eigenvalue weighted by atomic mass is 35.5. The molecule has 33 heavy (non-hydrogen) atoms. The summed E-state index contributed by atoms with van der Waals surface area (Å²) in [6, 6.07) is 10.9.